The smallest absolute Gasteiger partial charge is 0.155 e. The van der Waals surface area contributed by atoms with Gasteiger partial charge in [0.1, 0.15) is 5.78 Å². The van der Waals surface area contributed by atoms with Gasteiger partial charge in [0, 0.05) is 27.4 Å². The van der Waals surface area contributed by atoms with Crippen molar-refractivity contribution in [3.05, 3.63) is 0 Å². The molecular weight excluding hydrogens is 430 g/mol. The minimum Gasteiger partial charge on any atom is -0.309 e. The Morgan fingerprint density at radius 3 is 0.939 bits per heavy atom. The predicted octanol–water partition coefficient (Wildman–Crippen LogP) is 8.38. The third-order valence-electron chi connectivity index (χ3n) is 4.92. The number of carbonyl (C=O) groups is 1. The SMILES string of the molecule is CC(C)(C)C(=N)C(C)(C)C.CC(C)(C)C(=O)C(C)(C)C.CC(C)(C)CCS(=O)(=O)C(C)(C)C. The first-order chi connectivity index (χ1) is 13.8. The first-order valence-corrected chi connectivity index (χ1v) is 13.8. The van der Waals surface area contributed by atoms with E-state index in [1.165, 1.54) is 0 Å². The Morgan fingerprint density at radius 2 is 0.848 bits per heavy atom. The average Bonchev–Trinajstić information content (AvgIpc) is 2.47. The molecule has 1 N–H and O–H groups in total. The summed E-state index contributed by atoms with van der Waals surface area (Å²) in [6.45, 7) is 35.7. The molecule has 0 aromatic heterocycles. The summed E-state index contributed by atoms with van der Waals surface area (Å²) in [7, 11) is -2.93. The summed E-state index contributed by atoms with van der Waals surface area (Å²) in [5, 5.41) is 7.79. The van der Waals surface area contributed by atoms with Gasteiger partial charge in [-0.25, -0.2) is 8.42 Å². The summed E-state index contributed by atoms with van der Waals surface area (Å²) in [4.78, 5) is 11.5. The van der Waals surface area contributed by atoms with E-state index in [1.807, 2.05) is 41.5 Å². The molecule has 0 spiro atoms. The van der Waals surface area contributed by atoms with Crippen LogP contribution >= 0.6 is 0 Å². The first kappa shape index (κ1) is 36.9. The molecule has 0 aliphatic carbocycles. The highest BCUT2D eigenvalue weighted by atomic mass is 32.2. The molecule has 200 valence electrons. The number of carbonyl (C=O) groups excluding carboxylic acids is 1. The topological polar surface area (TPSA) is 75.1 Å². The fourth-order valence-electron chi connectivity index (χ4n) is 3.00. The van der Waals surface area contributed by atoms with Gasteiger partial charge in [0.25, 0.3) is 0 Å². The summed E-state index contributed by atoms with van der Waals surface area (Å²) < 4.78 is 22.8. The van der Waals surface area contributed by atoms with Crippen molar-refractivity contribution in [1.29, 1.82) is 5.41 Å². The zero-order valence-corrected chi connectivity index (χ0v) is 26.4. The lowest BCUT2D eigenvalue weighted by molar-refractivity contribution is -0.134. The second kappa shape index (κ2) is 11.8. The largest absolute Gasteiger partial charge is 0.309 e. The van der Waals surface area contributed by atoms with Crippen LogP contribution in [0.4, 0.5) is 0 Å². The normalized spacial score (nSPS) is 13.9. The maximum Gasteiger partial charge on any atom is 0.155 e. The van der Waals surface area contributed by atoms with Crippen molar-refractivity contribution in [3.63, 3.8) is 0 Å². The van der Waals surface area contributed by atoms with E-state index in [2.05, 4.69) is 62.3 Å². The van der Waals surface area contributed by atoms with Crippen LogP contribution in [-0.4, -0.2) is 30.4 Å². The molecule has 0 heterocycles. The quantitative estimate of drug-likeness (QED) is 0.396. The predicted molar refractivity (Wildman–Crippen MR) is 148 cm³/mol. The van der Waals surface area contributed by atoms with Crippen molar-refractivity contribution < 1.29 is 13.2 Å². The summed E-state index contributed by atoms with van der Waals surface area (Å²) in [5.74, 6) is 0.611. The monoisotopic (exact) mass is 489 g/mol. The fraction of sp³-hybridized carbons (Fsp3) is 0.929. The lowest BCUT2D eigenvalue weighted by Crippen LogP contribution is -2.32. The van der Waals surface area contributed by atoms with Crippen LogP contribution in [0.5, 0.6) is 0 Å². The van der Waals surface area contributed by atoms with Gasteiger partial charge in [0.05, 0.1) is 10.5 Å². The molecule has 0 saturated heterocycles. The number of hydrogen-bond donors (Lipinski definition) is 1. The molecule has 0 atom stereocenters. The van der Waals surface area contributed by atoms with Crippen LogP contribution < -0.4 is 0 Å². The highest BCUT2D eigenvalue weighted by Crippen LogP contribution is 2.29. The highest BCUT2D eigenvalue weighted by Gasteiger charge is 2.32. The van der Waals surface area contributed by atoms with E-state index in [0.717, 1.165) is 12.1 Å². The number of ketones is 1. The lowest BCUT2D eigenvalue weighted by atomic mass is 9.75. The Morgan fingerprint density at radius 1 is 0.576 bits per heavy atom. The van der Waals surface area contributed by atoms with Gasteiger partial charge in [-0.05, 0) is 32.6 Å². The van der Waals surface area contributed by atoms with Crippen molar-refractivity contribution in [3.8, 4) is 0 Å². The zero-order valence-electron chi connectivity index (χ0n) is 25.5. The van der Waals surface area contributed by atoms with Gasteiger partial charge in [0.2, 0.25) is 0 Å². The van der Waals surface area contributed by atoms with E-state index in [1.54, 1.807) is 20.8 Å². The molecule has 5 heteroatoms. The van der Waals surface area contributed by atoms with Gasteiger partial charge in [-0.1, -0.05) is 104 Å². The van der Waals surface area contributed by atoms with E-state index in [-0.39, 0.29) is 27.1 Å². The molecular formula is C28H59NO3S. The van der Waals surface area contributed by atoms with E-state index in [4.69, 9.17) is 5.41 Å². The molecule has 0 aliphatic rings. The van der Waals surface area contributed by atoms with Gasteiger partial charge in [-0.2, -0.15) is 0 Å². The van der Waals surface area contributed by atoms with Gasteiger partial charge < -0.3 is 5.41 Å². The third-order valence-corrected chi connectivity index (χ3v) is 7.52. The van der Waals surface area contributed by atoms with Gasteiger partial charge in [-0.3, -0.25) is 4.79 Å². The molecule has 0 rings (SSSR count). The molecule has 0 unspecified atom stereocenters. The van der Waals surface area contributed by atoms with E-state index in [9.17, 15) is 13.2 Å². The maximum absolute atomic E-state index is 11.7. The number of nitrogens with one attached hydrogen (secondary N) is 1. The van der Waals surface area contributed by atoms with Crippen molar-refractivity contribution >= 4 is 21.3 Å². The molecule has 0 aromatic rings. The average molecular weight is 490 g/mol. The number of sulfone groups is 1. The number of Topliss-reactive ketones (excluding diaryl/α,β-unsaturated/α-hetero) is 1. The van der Waals surface area contributed by atoms with E-state index in [0.29, 0.717) is 11.5 Å². The van der Waals surface area contributed by atoms with Gasteiger partial charge >= 0.3 is 0 Å². The molecule has 0 saturated carbocycles. The van der Waals surface area contributed by atoms with Crippen LogP contribution in [0.3, 0.4) is 0 Å². The zero-order chi connectivity index (χ0) is 28.1. The van der Waals surface area contributed by atoms with Crippen LogP contribution in [0.2, 0.25) is 0 Å². The van der Waals surface area contributed by atoms with Crippen LogP contribution in [0.1, 0.15) is 131 Å². The van der Waals surface area contributed by atoms with Crippen LogP contribution in [-0.2, 0) is 14.6 Å². The molecule has 0 bridgehead atoms. The summed E-state index contributed by atoms with van der Waals surface area (Å²) in [6.07, 6.45) is 0.729. The van der Waals surface area contributed by atoms with Crippen LogP contribution in [0, 0.1) is 32.5 Å². The Labute approximate surface area is 208 Å². The van der Waals surface area contributed by atoms with Gasteiger partial charge in [0.15, 0.2) is 9.84 Å². The second-order valence-electron chi connectivity index (χ2n) is 15.4. The molecule has 0 amide bonds. The van der Waals surface area contributed by atoms with Crippen molar-refractivity contribution in [2.24, 2.45) is 27.1 Å². The summed E-state index contributed by atoms with van der Waals surface area (Å²) in [6, 6.07) is 0. The summed E-state index contributed by atoms with van der Waals surface area (Å²) >= 11 is 0. The lowest BCUT2D eigenvalue weighted by Gasteiger charge is -2.30. The molecule has 4 nitrogen and oxygen atoms in total. The first-order valence-electron chi connectivity index (χ1n) is 12.1. The molecule has 0 aromatic carbocycles. The second-order valence-corrected chi connectivity index (χ2v) is 18.3. The minimum absolute atomic E-state index is 0.0260. The van der Waals surface area contributed by atoms with E-state index >= 15 is 0 Å². The fourth-order valence-corrected chi connectivity index (χ4v) is 4.49. The Balaban J connectivity index is -0.000000415. The van der Waals surface area contributed by atoms with Crippen molar-refractivity contribution in [1.82, 2.24) is 0 Å². The molecule has 0 aliphatic heterocycles. The molecule has 0 radical (unpaired) electrons. The Hall–Kier alpha value is -0.710. The summed E-state index contributed by atoms with van der Waals surface area (Å²) in [5.41, 5.74) is 0.575. The third kappa shape index (κ3) is 17.4. The standard InChI is InChI=1S/C10H22O2S.C9H19N.C9H18O/c1-9(2,3)7-8-13(11,12)10(4,5)6;2*1-8(2,3)7(10)9(4,5)6/h7-8H2,1-6H3;10H,1-6H3;1-6H3. The van der Waals surface area contributed by atoms with Gasteiger partial charge in [-0.15, -0.1) is 0 Å². The number of hydrogen-bond acceptors (Lipinski definition) is 4. The van der Waals surface area contributed by atoms with Crippen LogP contribution in [0.15, 0.2) is 0 Å². The molecule has 0 fully saturated rings. The van der Waals surface area contributed by atoms with E-state index < -0.39 is 14.6 Å². The number of rotatable bonds is 2. The minimum atomic E-state index is -2.93. The molecule has 33 heavy (non-hydrogen) atoms. The maximum atomic E-state index is 11.7. The van der Waals surface area contributed by atoms with Crippen molar-refractivity contribution in [2.75, 3.05) is 5.75 Å². The van der Waals surface area contributed by atoms with Crippen molar-refractivity contribution in [2.45, 2.75) is 136 Å². The Kier molecular flexibility index (Phi) is 13.2. The highest BCUT2D eigenvalue weighted by molar-refractivity contribution is 7.92. The van der Waals surface area contributed by atoms with Crippen LogP contribution in [0.25, 0.3) is 0 Å². The Bertz CT molecular complexity index is 651.